The van der Waals surface area contributed by atoms with Crippen molar-refractivity contribution >= 4 is 46.7 Å². The molecule has 1 aliphatic rings. The Hall–Kier alpha value is -1.73. The second-order valence-electron chi connectivity index (χ2n) is 7.57. The number of phosphoric ester groups is 1. The van der Waals surface area contributed by atoms with Gasteiger partial charge in [-0.15, -0.1) is 0 Å². The van der Waals surface area contributed by atoms with E-state index in [9.17, 15) is 38.7 Å². The van der Waals surface area contributed by atoms with Gasteiger partial charge in [-0.2, -0.15) is 8.62 Å². The van der Waals surface area contributed by atoms with Crippen LogP contribution in [0.2, 0.25) is 0 Å². The van der Waals surface area contributed by atoms with Crippen molar-refractivity contribution in [3.8, 4) is 0 Å². The van der Waals surface area contributed by atoms with Crippen molar-refractivity contribution in [3.63, 3.8) is 0 Å². The van der Waals surface area contributed by atoms with Gasteiger partial charge < -0.3 is 50.2 Å². The quantitative estimate of drug-likeness (QED) is 0.0981. The first-order valence-electron chi connectivity index (χ1n) is 9.94. The first kappa shape index (κ1) is 29.8. The molecule has 0 saturated carbocycles. The van der Waals surface area contributed by atoms with Crippen molar-refractivity contribution in [1.29, 1.82) is 0 Å². The average Bonchev–Trinajstić information content (AvgIpc) is 3.30. The molecule has 0 radical (unpaired) electrons. The number of carbonyl (C=O) groups is 1. The summed E-state index contributed by atoms with van der Waals surface area (Å²) in [7, 11) is -17.0. The van der Waals surface area contributed by atoms with Crippen molar-refractivity contribution in [2.75, 3.05) is 5.73 Å². The number of hydrogen-bond acceptors (Lipinski definition) is 15. The molecule has 208 valence electrons. The highest BCUT2D eigenvalue weighted by atomic mass is 31.3. The normalized spacial score (nSPS) is 27.4. The van der Waals surface area contributed by atoms with E-state index in [4.69, 9.17) is 25.2 Å². The molecule has 4 unspecified atom stereocenters. The van der Waals surface area contributed by atoms with E-state index in [2.05, 4.69) is 28.1 Å². The van der Waals surface area contributed by atoms with Gasteiger partial charge in [0, 0.05) is 0 Å². The van der Waals surface area contributed by atoms with Crippen LogP contribution >= 0.6 is 23.5 Å². The molecule has 3 rings (SSSR count). The molecule has 2 aromatic heterocycles. The maximum Gasteiger partial charge on any atom is 0.490 e. The van der Waals surface area contributed by atoms with Gasteiger partial charge in [-0.3, -0.25) is 9.09 Å². The van der Waals surface area contributed by atoms with E-state index in [-0.39, 0.29) is 23.3 Å². The largest absolute Gasteiger partial charge is 0.490 e. The number of aromatic nitrogens is 4. The minimum atomic E-state index is -5.80. The molecule has 1 saturated heterocycles. The lowest BCUT2D eigenvalue weighted by molar-refractivity contribution is -0.116. The van der Waals surface area contributed by atoms with Crippen LogP contribution in [-0.2, 0) is 36.4 Å². The number of nitrogens with zero attached hydrogens (tertiary/aromatic N) is 4. The SMILES string of the molecule is Nc1ncnc2c1ncn2[C@@H]1O[C@H](C(O)CCC(C=O)OP(=O)(O)OP(=O)(O)OP(=O)(O)O)[C@@H](O)[C@H]1O. The van der Waals surface area contributed by atoms with Gasteiger partial charge in [0.25, 0.3) is 0 Å². The minimum Gasteiger partial charge on any atom is -0.390 e. The highest BCUT2D eigenvalue weighted by Crippen LogP contribution is 2.66. The molecule has 0 aliphatic carbocycles. The summed E-state index contributed by atoms with van der Waals surface area (Å²) in [4.78, 5) is 58.8. The number of nitrogens with two attached hydrogens (primary N) is 1. The smallest absolute Gasteiger partial charge is 0.390 e. The summed E-state index contributed by atoms with van der Waals surface area (Å²) in [6.45, 7) is 0. The second kappa shape index (κ2) is 11.2. The van der Waals surface area contributed by atoms with E-state index in [1.165, 1.54) is 10.9 Å². The van der Waals surface area contributed by atoms with Gasteiger partial charge in [0.15, 0.2) is 17.7 Å². The Labute approximate surface area is 206 Å². The second-order valence-corrected chi connectivity index (χ2v) is 11.9. The number of anilines is 1. The third kappa shape index (κ3) is 7.44. The van der Waals surface area contributed by atoms with Crippen LogP contribution in [-0.4, -0.2) is 91.2 Å². The van der Waals surface area contributed by atoms with Crippen LogP contribution in [0.25, 0.3) is 11.2 Å². The Morgan fingerprint density at radius 1 is 1.05 bits per heavy atom. The maximum atomic E-state index is 11.9. The highest BCUT2D eigenvalue weighted by Gasteiger charge is 2.47. The molecule has 3 heterocycles. The number of nitrogen functional groups attached to an aromatic ring is 1. The molecule has 0 amide bonds. The topological polar surface area (TPSA) is 316 Å². The fourth-order valence-electron chi connectivity index (χ4n) is 3.40. The summed E-state index contributed by atoms with van der Waals surface area (Å²) in [6, 6.07) is 0. The summed E-state index contributed by atoms with van der Waals surface area (Å²) in [5, 5.41) is 31.3. The molecule has 20 nitrogen and oxygen atoms in total. The van der Waals surface area contributed by atoms with Crippen LogP contribution in [0.1, 0.15) is 19.1 Å². The van der Waals surface area contributed by atoms with Crippen molar-refractivity contribution in [3.05, 3.63) is 12.7 Å². The maximum absolute atomic E-state index is 11.9. The van der Waals surface area contributed by atoms with Crippen LogP contribution in [0.5, 0.6) is 0 Å². The standard InChI is InChI=1S/C14H22N5O15P3/c15-12-8-13(17-4-16-12)19(5-18-8)14-10(23)9(22)11(31-14)7(21)2-1-6(3-20)32-36(27,28)34-37(29,30)33-35(24,25)26/h3-7,9-11,14,21-23H,1-2H2,(H,27,28)(H,29,30)(H2,15,16,17)(H2,24,25,26)/t6?,7?,9-,10+,11+,14+/m0/s1. The number of aliphatic hydroxyl groups is 3. The number of carbonyl (C=O) groups excluding carboxylic acids is 1. The molecule has 0 spiro atoms. The number of aldehydes is 1. The Bertz CT molecular complexity index is 1270. The van der Waals surface area contributed by atoms with Crippen LogP contribution in [0, 0.1) is 0 Å². The lowest BCUT2D eigenvalue weighted by Gasteiger charge is -2.23. The summed E-state index contributed by atoms with van der Waals surface area (Å²) in [6.07, 6.45) is -8.04. The zero-order valence-electron chi connectivity index (χ0n) is 18.2. The molecule has 2 aromatic rings. The van der Waals surface area contributed by atoms with Crippen LogP contribution in [0.15, 0.2) is 12.7 Å². The van der Waals surface area contributed by atoms with Gasteiger partial charge in [0.2, 0.25) is 0 Å². The molecule has 23 heteroatoms. The minimum absolute atomic E-state index is 0.0313. The van der Waals surface area contributed by atoms with Gasteiger partial charge in [0.1, 0.15) is 42.5 Å². The molecular weight excluding hydrogens is 571 g/mol. The highest BCUT2D eigenvalue weighted by molar-refractivity contribution is 7.66. The fourth-order valence-corrected chi connectivity index (χ4v) is 6.56. The van der Waals surface area contributed by atoms with E-state index in [1.54, 1.807) is 0 Å². The molecule has 9 N–H and O–H groups in total. The number of rotatable bonds is 12. The zero-order chi connectivity index (χ0) is 27.8. The van der Waals surface area contributed by atoms with Crippen LogP contribution in [0.3, 0.4) is 0 Å². The Morgan fingerprint density at radius 3 is 2.35 bits per heavy atom. The molecular formula is C14H22N5O15P3. The molecule has 0 aromatic carbocycles. The molecule has 8 atom stereocenters. The van der Waals surface area contributed by atoms with Gasteiger partial charge in [-0.05, 0) is 12.8 Å². The van der Waals surface area contributed by atoms with Crippen molar-refractivity contribution in [1.82, 2.24) is 19.5 Å². The third-order valence-electron chi connectivity index (χ3n) is 4.90. The molecule has 0 bridgehead atoms. The van der Waals surface area contributed by atoms with E-state index < -0.39 is 73.1 Å². The average molecular weight is 593 g/mol. The summed E-state index contributed by atoms with van der Waals surface area (Å²) in [5.41, 5.74) is 6.07. The van der Waals surface area contributed by atoms with E-state index in [0.717, 1.165) is 6.33 Å². The number of ether oxygens (including phenoxy) is 1. The Balaban J connectivity index is 1.63. The third-order valence-corrected chi connectivity index (χ3v) is 8.76. The Kier molecular flexibility index (Phi) is 9.00. The lowest BCUT2D eigenvalue weighted by atomic mass is 10.0. The summed E-state index contributed by atoms with van der Waals surface area (Å²) < 4.78 is 52.2. The zero-order valence-corrected chi connectivity index (χ0v) is 20.9. The molecule has 1 aliphatic heterocycles. The number of aliphatic hydroxyl groups excluding tert-OH is 3. The van der Waals surface area contributed by atoms with E-state index >= 15 is 0 Å². The van der Waals surface area contributed by atoms with Crippen molar-refractivity contribution in [2.24, 2.45) is 0 Å². The van der Waals surface area contributed by atoms with Gasteiger partial charge in [0.05, 0.1) is 12.4 Å². The van der Waals surface area contributed by atoms with Gasteiger partial charge in [-0.1, -0.05) is 0 Å². The van der Waals surface area contributed by atoms with Crippen LogP contribution < -0.4 is 5.73 Å². The monoisotopic (exact) mass is 593 g/mol. The predicted octanol–water partition coefficient (Wildman–Crippen LogP) is -1.92. The van der Waals surface area contributed by atoms with Gasteiger partial charge >= 0.3 is 23.5 Å². The predicted molar refractivity (Wildman–Crippen MR) is 116 cm³/mol. The molecule has 37 heavy (non-hydrogen) atoms. The first-order chi connectivity index (χ1) is 17.0. The number of hydrogen-bond donors (Lipinski definition) is 8. The van der Waals surface area contributed by atoms with Crippen molar-refractivity contribution < 1.29 is 71.3 Å². The number of imidazole rings is 1. The Morgan fingerprint density at radius 2 is 1.73 bits per heavy atom. The first-order valence-corrected chi connectivity index (χ1v) is 14.5. The van der Waals surface area contributed by atoms with E-state index in [0.29, 0.717) is 0 Å². The van der Waals surface area contributed by atoms with Crippen molar-refractivity contribution in [2.45, 2.75) is 49.6 Å². The van der Waals surface area contributed by atoms with Gasteiger partial charge in [-0.25, -0.2) is 28.6 Å². The summed E-state index contributed by atoms with van der Waals surface area (Å²) in [5.74, 6) is 0.0456. The summed E-state index contributed by atoms with van der Waals surface area (Å²) >= 11 is 0. The number of fused-ring (bicyclic) bond motifs is 1. The molecule has 1 fully saturated rings. The number of phosphoric acid groups is 3. The van der Waals surface area contributed by atoms with Crippen LogP contribution in [0.4, 0.5) is 5.82 Å². The lowest BCUT2D eigenvalue weighted by Crippen LogP contribution is -2.39. The van der Waals surface area contributed by atoms with E-state index in [1.807, 2.05) is 0 Å². The fraction of sp³-hybridized carbons (Fsp3) is 0.571.